The first kappa shape index (κ1) is 26.5. The molecule has 0 aromatic carbocycles. The number of ether oxygens (including phenoxy) is 2. The normalized spacial score (nSPS) is 43.8. The number of anilines is 1. The Hall–Kier alpha value is -1.08. The van der Waals surface area contributed by atoms with Crippen LogP contribution >= 0.6 is 31.6 Å². The zero-order valence-corrected chi connectivity index (χ0v) is 21.3. The minimum atomic E-state index is -5.25. The average molecular weight is 620 g/mol. The molecule has 2 fully saturated rings. The zero-order chi connectivity index (χ0) is 26.2. The number of halogens is 1. The molecule has 8 bridgehead atoms. The second kappa shape index (κ2) is 9.29. The highest BCUT2D eigenvalue weighted by molar-refractivity contribution is 9.10. The summed E-state index contributed by atoms with van der Waals surface area (Å²) >= 11 is 3.33. The predicted molar refractivity (Wildman–Crippen MR) is 117 cm³/mol. The van der Waals surface area contributed by atoms with Gasteiger partial charge in [0.05, 0.1) is 17.8 Å². The number of phosphoric ester groups is 2. The summed E-state index contributed by atoms with van der Waals surface area (Å²) in [4.78, 5) is 24.0. The van der Waals surface area contributed by atoms with Crippen molar-refractivity contribution in [3.05, 3.63) is 17.0 Å². The van der Waals surface area contributed by atoms with Gasteiger partial charge in [-0.3, -0.25) is 13.6 Å². The van der Waals surface area contributed by atoms with Crippen LogP contribution in [0.2, 0.25) is 0 Å². The number of rotatable bonds is 0. The fourth-order valence-electron chi connectivity index (χ4n) is 4.26. The molecule has 2 unspecified atom stereocenters. The maximum absolute atomic E-state index is 12.2. The van der Waals surface area contributed by atoms with Crippen LogP contribution in [0, 0.1) is 0 Å². The van der Waals surface area contributed by atoms with Crippen LogP contribution in [0.4, 0.5) is 5.82 Å². The maximum atomic E-state index is 12.2. The molecular formula is C16H22BrN4O13P2+. The molecule has 2 saturated heterocycles. The van der Waals surface area contributed by atoms with Crippen LogP contribution in [0.15, 0.2) is 17.0 Å². The highest BCUT2D eigenvalue weighted by atomic mass is 79.9. The number of aromatic nitrogens is 3. The molecule has 0 saturated carbocycles. The van der Waals surface area contributed by atoms with Crippen LogP contribution in [-0.2, 0) is 32.0 Å². The van der Waals surface area contributed by atoms with Gasteiger partial charge in [-0.25, -0.2) is 13.7 Å². The molecule has 200 valence electrons. The Bertz CT molecular complexity index is 1280. The SMILES string of the molecule is Nc1c2cc(Br)n3c2nc[n+]1[C@@H]1O[C@H](COP(=O)(O)OP(=O)(O)OC[C@H]2O[C@@H]3[C@H](O)[C@@H]2O)[C@@H](O)[C@H]1O. The highest BCUT2D eigenvalue weighted by Gasteiger charge is 2.50. The molecule has 20 heteroatoms. The maximum Gasteiger partial charge on any atom is 0.481 e. The molecule has 0 aliphatic carbocycles. The van der Waals surface area contributed by atoms with E-state index in [1.54, 1.807) is 0 Å². The van der Waals surface area contributed by atoms with E-state index in [-0.39, 0.29) is 11.5 Å². The van der Waals surface area contributed by atoms with Gasteiger partial charge < -0.3 is 45.4 Å². The van der Waals surface area contributed by atoms with Crippen molar-refractivity contribution in [2.45, 2.75) is 49.1 Å². The second-order valence-electron chi connectivity index (χ2n) is 8.31. The largest absolute Gasteiger partial charge is 0.481 e. The second-order valence-corrected chi connectivity index (χ2v) is 12.2. The topological polar surface area (TPSA) is 249 Å². The Morgan fingerprint density at radius 3 is 2.22 bits per heavy atom. The third-order valence-corrected chi connectivity index (χ3v) is 9.25. The average Bonchev–Trinajstić information content (AvgIpc) is 3.37. The highest BCUT2D eigenvalue weighted by Crippen LogP contribution is 2.60. The number of hydrogen-bond acceptors (Lipinski definition) is 13. The molecule has 0 spiro atoms. The smallest absolute Gasteiger partial charge is 0.387 e. The van der Waals surface area contributed by atoms with Gasteiger partial charge >= 0.3 is 15.6 Å². The van der Waals surface area contributed by atoms with E-state index in [0.29, 0.717) is 9.99 Å². The molecule has 4 aliphatic rings. The van der Waals surface area contributed by atoms with Crippen LogP contribution in [0.5, 0.6) is 0 Å². The zero-order valence-electron chi connectivity index (χ0n) is 17.9. The van der Waals surface area contributed by atoms with E-state index < -0.39 is 77.9 Å². The monoisotopic (exact) mass is 619 g/mol. The van der Waals surface area contributed by atoms with Crippen LogP contribution in [0.25, 0.3) is 11.0 Å². The molecule has 8 N–H and O–H groups in total. The Labute approximate surface area is 209 Å². The van der Waals surface area contributed by atoms with Gasteiger partial charge in [-0.2, -0.15) is 4.31 Å². The summed E-state index contributed by atoms with van der Waals surface area (Å²) in [7, 11) is -10.5. The van der Waals surface area contributed by atoms with E-state index in [9.17, 15) is 39.3 Å². The molecule has 6 rings (SSSR count). The van der Waals surface area contributed by atoms with Crippen LogP contribution in [-0.4, -0.2) is 89.6 Å². The quantitative estimate of drug-likeness (QED) is 0.126. The van der Waals surface area contributed by atoms with Crippen LogP contribution in [0.3, 0.4) is 0 Å². The van der Waals surface area contributed by atoms with Crippen molar-refractivity contribution in [2.24, 2.45) is 0 Å². The van der Waals surface area contributed by atoms with Crippen molar-refractivity contribution >= 4 is 48.4 Å². The van der Waals surface area contributed by atoms with E-state index in [1.165, 1.54) is 21.5 Å². The fourth-order valence-corrected chi connectivity index (χ4v) is 6.95. The first-order valence-electron chi connectivity index (χ1n) is 10.3. The molecule has 10 atom stereocenters. The van der Waals surface area contributed by atoms with Gasteiger partial charge in [-0.05, 0) is 22.0 Å². The molecule has 17 nitrogen and oxygen atoms in total. The number of hydrogen-bond donors (Lipinski definition) is 7. The standard InChI is InChI=1S/C16H21BrN4O13P2/c17-8-1-5-13(18)20-4-19-14(5)21(8)16-12(25)10(23)7(33-16)3-31-36(28,29)34-35(26,27)30-2-6-9(22)11(24)15(20)32-6/h1,4,6-7,9-12,15-16,18,22-25H,2-3H2,(H2,26,27,28,29)/p+1/t6-,7-,9-,10-,11-,12-,15-,16-/m1/s1. The number of fused-ring (bicyclic) bond motifs is 7. The number of nitrogen functional groups attached to an aromatic ring is 1. The van der Waals surface area contributed by atoms with E-state index in [1.807, 2.05) is 0 Å². The van der Waals surface area contributed by atoms with E-state index in [4.69, 9.17) is 15.2 Å². The number of aliphatic hydroxyl groups is 4. The van der Waals surface area contributed by atoms with Gasteiger partial charge in [-0.15, -0.1) is 0 Å². The van der Waals surface area contributed by atoms with Crippen molar-refractivity contribution < 1.29 is 66.7 Å². The van der Waals surface area contributed by atoms with Gasteiger partial charge in [0.15, 0.2) is 6.23 Å². The summed E-state index contributed by atoms with van der Waals surface area (Å²) in [6, 6.07) is 1.53. The first-order chi connectivity index (χ1) is 16.8. The summed E-state index contributed by atoms with van der Waals surface area (Å²) in [5.41, 5.74) is 6.50. The Morgan fingerprint density at radius 1 is 1.00 bits per heavy atom. The van der Waals surface area contributed by atoms with Crippen LogP contribution < -0.4 is 10.3 Å². The Balaban J connectivity index is 1.60. The van der Waals surface area contributed by atoms with Gasteiger partial charge in [-0.1, -0.05) is 4.98 Å². The lowest BCUT2D eigenvalue weighted by Gasteiger charge is -2.21. The Morgan fingerprint density at radius 2 is 1.58 bits per heavy atom. The lowest BCUT2D eigenvalue weighted by atomic mass is 10.1. The van der Waals surface area contributed by atoms with Gasteiger partial charge in [0, 0.05) is 0 Å². The summed E-state index contributed by atoms with van der Waals surface area (Å²) in [5.74, 6) is 0.0312. The number of aliphatic hydroxyl groups excluding tert-OH is 4. The van der Waals surface area contributed by atoms with Crippen LogP contribution in [0.1, 0.15) is 12.5 Å². The first-order valence-corrected chi connectivity index (χ1v) is 14.1. The third-order valence-electron chi connectivity index (χ3n) is 6.03. The summed E-state index contributed by atoms with van der Waals surface area (Å²) in [6.45, 7) is -1.66. The van der Waals surface area contributed by atoms with E-state index in [0.717, 1.165) is 0 Å². The molecule has 2 aromatic heterocycles. The molecular weight excluding hydrogens is 598 g/mol. The minimum Gasteiger partial charge on any atom is -0.387 e. The minimum absolute atomic E-state index is 0.0312. The molecule has 0 radical (unpaired) electrons. The summed E-state index contributed by atoms with van der Waals surface area (Å²) < 4.78 is 52.1. The molecule has 4 aliphatic heterocycles. The summed E-state index contributed by atoms with van der Waals surface area (Å²) in [5, 5.41) is 42.3. The lowest BCUT2D eigenvalue weighted by Crippen LogP contribution is -2.48. The van der Waals surface area contributed by atoms with Crippen molar-refractivity contribution in [3.8, 4) is 0 Å². The van der Waals surface area contributed by atoms with Crippen molar-refractivity contribution in [2.75, 3.05) is 18.9 Å². The predicted octanol–water partition coefficient (Wildman–Crippen LogP) is -1.83. The summed E-state index contributed by atoms with van der Waals surface area (Å²) in [6.07, 6.45) is -10.5. The van der Waals surface area contributed by atoms with Crippen molar-refractivity contribution in [3.63, 3.8) is 0 Å². The molecule has 6 heterocycles. The lowest BCUT2D eigenvalue weighted by molar-refractivity contribution is -0.754. The molecule has 2 aromatic rings. The van der Waals surface area contributed by atoms with Gasteiger partial charge in [0.1, 0.15) is 42.0 Å². The Kier molecular flexibility index (Phi) is 6.84. The van der Waals surface area contributed by atoms with E-state index >= 15 is 0 Å². The van der Waals surface area contributed by atoms with Crippen molar-refractivity contribution in [1.82, 2.24) is 9.55 Å². The van der Waals surface area contributed by atoms with Crippen molar-refractivity contribution in [1.29, 1.82) is 0 Å². The number of nitrogens with zero attached hydrogens (tertiary/aromatic N) is 3. The number of nitrogens with two attached hydrogens (primary N) is 1. The number of phosphoric acid groups is 2. The van der Waals surface area contributed by atoms with Gasteiger partial charge in [0.2, 0.25) is 24.0 Å². The van der Waals surface area contributed by atoms with E-state index in [2.05, 4.69) is 34.3 Å². The molecule has 36 heavy (non-hydrogen) atoms. The third kappa shape index (κ3) is 4.54. The molecule has 0 amide bonds. The fraction of sp³-hybridized carbons (Fsp3) is 0.625. The van der Waals surface area contributed by atoms with Gasteiger partial charge in [0.25, 0.3) is 0 Å².